The highest BCUT2D eigenvalue weighted by atomic mass is 19.1. The number of nitrogens with two attached hydrogens (primary N) is 1. The molecule has 4 heteroatoms. The lowest BCUT2D eigenvalue weighted by Gasteiger charge is -2.12. The predicted octanol–water partition coefficient (Wildman–Crippen LogP) is 1.96. The standard InChI is InChI=1S/C12H16FNO2/c1-16-10-3-2-9(15)8(11(10)13)4-5-12(14)6-7-12/h2-3,15H,4-7,14H2,1H3. The second-order valence-electron chi connectivity index (χ2n) is 4.44. The molecule has 0 radical (unpaired) electrons. The first kappa shape index (κ1) is 11.2. The molecule has 16 heavy (non-hydrogen) atoms. The van der Waals surface area contributed by atoms with Gasteiger partial charge in [-0.3, -0.25) is 0 Å². The summed E-state index contributed by atoms with van der Waals surface area (Å²) in [5, 5.41) is 9.59. The number of methoxy groups -OCH3 is 1. The van der Waals surface area contributed by atoms with Crippen molar-refractivity contribution in [3.05, 3.63) is 23.5 Å². The van der Waals surface area contributed by atoms with Crippen LogP contribution in [-0.4, -0.2) is 17.8 Å². The Hall–Kier alpha value is -1.29. The maximum absolute atomic E-state index is 13.8. The maximum Gasteiger partial charge on any atom is 0.171 e. The number of hydrogen-bond donors (Lipinski definition) is 2. The molecule has 0 aliphatic heterocycles. The summed E-state index contributed by atoms with van der Waals surface area (Å²) in [6.07, 6.45) is 3.12. The van der Waals surface area contributed by atoms with E-state index in [0.717, 1.165) is 12.8 Å². The molecular formula is C12H16FNO2. The van der Waals surface area contributed by atoms with Crippen LogP contribution in [0, 0.1) is 5.82 Å². The molecule has 0 spiro atoms. The van der Waals surface area contributed by atoms with Gasteiger partial charge in [0, 0.05) is 11.1 Å². The van der Waals surface area contributed by atoms with E-state index >= 15 is 0 Å². The first-order chi connectivity index (χ1) is 7.56. The molecule has 0 saturated heterocycles. The quantitative estimate of drug-likeness (QED) is 0.823. The highest BCUT2D eigenvalue weighted by Crippen LogP contribution is 2.38. The van der Waals surface area contributed by atoms with Crippen molar-refractivity contribution in [2.75, 3.05) is 7.11 Å². The summed E-state index contributed by atoms with van der Waals surface area (Å²) in [5.74, 6) is -0.344. The van der Waals surface area contributed by atoms with Crippen LogP contribution in [0.15, 0.2) is 12.1 Å². The third kappa shape index (κ3) is 2.11. The van der Waals surface area contributed by atoms with E-state index in [0.29, 0.717) is 18.4 Å². The van der Waals surface area contributed by atoms with E-state index in [-0.39, 0.29) is 17.0 Å². The van der Waals surface area contributed by atoms with Gasteiger partial charge in [0.25, 0.3) is 0 Å². The van der Waals surface area contributed by atoms with E-state index in [1.807, 2.05) is 0 Å². The van der Waals surface area contributed by atoms with Gasteiger partial charge in [-0.15, -0.1) is 0 Å². The number of ether oxygens (including phenoxy) is 1. The molecule has 1 fully saturated rings. The van der Waals surface area contributed by atoms with Crippen LogP contribution in [0.3, 0.4) is 0 Å². The number of phenolic OH excluding ortho intramolecular Hbond substituents is 1. The van der Waals surface area contributed by atoms with Crippen LogP contribution >= 0.6 is 0 Å². The zero-order valence-corrected chi connectivity index (χ0v) is 9.29. The minimum absolute atomic E-state index is 0.0254. The Bertz CT molecular complexity index is 402. The van der Waals surface area contributed by atoms with Crippen LogP contribution in [0.2, 0.25) is 0 Å². The summed E-state index contributed by atoms with van der Waals surface area (Å²) in [7, 11) is 1.41. The molecule has 0 aromatic heterocycles. The zero-order chi connectivity index (χ0) is 11.8. The number of aromatic hydroxyl groups is 1. The second kappa shape index (κ2) is 3.94. The third-order valence-electron chi connectivity index (χ3n) is 3.17. The van der Waals surface area contributed by atoms with Gasteiger partial charge < -0.3 is 15.6 Å². The highest BCUT2D eigenvalue weighted by molar-refractivity contribution is 5.41. The maximum atomic E-state index is 13.8. The van der Waals surface area contributed by atoms with Crippen LogP contribution in [0.5, 0.6) is 11.5 Å². The average molecular weight is 225 g/mol. The molecule has 3 nitrogen and oxygen atoms in total. The van der Waals surface area contributed by atoms with Crippen molar-refractivity contribution < 1.29 is 14.2 Å². The fraction of sp³-hybridized carbons (Fsp3) is 0.500. The van der Waals surface area contributed by atoms with Crippen LogP contribution in [0.4, 0.5) is 4.39 Å². The summed E-state index contributed by atoms with van der Waals surface area (Å²) < 4.78 is 18.7. The van der Waals surface area contributed by atoms with Crippen LogP contribution in [0.25, 0.3) is 0 Å². The molecule has 1 aromatic carbocycles. The normalized spacial score (nSPS) is 17.2. The Balaban J connectivity index is 2.17. The smallest absolute Gasteiger partial charge is 0.171 e. The summed E-state index contributed by atoms with van der Waals surface area (Å²) in [6, 6.07) is 2.87. The van der Waals surface area contributed by atoms with E-state index in [9.17, 15) is 9.50 Å². The van der Waals surface area contributed by atoms with Gasteiger partial charge in [0.2, 0.25) is 0 Å². The van der Waals surface area contributed by atoms with Crippen LogP contribution < -0.4 is 10.5 Å². The first-order valence-electron chi connectivity index (χ1n) is 5.39. The lowest BCUT2D eigenvalue weighted by Crippen LogP contribution is -2.22. The molecule has 0 bridgehead atoms. The summed E-state index contributed by atoms with van der Waals surface area (Å²) in [6.45, 7) is 0. The van der Waals surface area contributed by atoms with Gasteiger partial charge in [-0.25, -0.2) is 4.39 Å². The Morgan fingerprint density at radius 1 is 1.50 bits per heavy atom. The van der Waals surface area contributed by atoms with Crippen molar-refractivity contribution in [3.8, 4) is 11.5 Å². The van der Waals surface area contributed by atoms with E-state index in [1.54, 1.807) is 0 Å². The molecule has 1 aliphatic rings. The Morgan fingerprint density at radius 3 is 2.75 bits per heavy atom. The van der Waals surface area contributed by atoms with E-state index in [4.69, 9.17) is 10.5 Å². The van der Waals surface area contributed by atoms with Crippen molar-refractivity contribution in [1.82, 2.24) is 0 Å². The molecule has 0 amide bonds. The lowest BCUT2D eigenvalue weighted by molar-refractivity contribution is 0.377. The topological polar surface area (TPSA) is 55.5 Å². The fourth-order valence-electron chi connectivity index (χ4n) is 1.77. The minimum atomic E-state index is -0.480. The molecule has 0 atom stereocenters. The number of rotatable bonds is 4. The van der Waals surface area contributed by atoms with Crippen molar-refractivity contribution in [1.29, 1.82) is 0 Å². The largest absolute Gasteiger partial charge is 0.508 e. The van der Waals surface area contributed by atoms with Gasteiger partial charge in [0.05, 0.1) is 7.11 Å². The minimum Gasteiger partial charge on any atom is -0.508 e. The van der Waals surface area contributed by atoms with Crippen LogP contribution in [-0.2, 0) is 6.42 Å². The Morgan fingerprint density at radius 2 is 2.19 bits per heavy atom. The second-order valence-corrected chi connectivity index (χ2v) is 4.44. The predicted molar refractivity (Wildman–Crippen MR) is 59.1 cm³/mol. The van der Waals surface area contributed by atoms with Crippen molar-refractivity contribution in [3.63, 3.8) is 0 Å². The van der Waals surface area contributed by atoms with E-state index < -0.39 is 5.82 Å². The van der Waals surface area contributed by atoms with Gasteiger partial charge in [-0.1, -0.05) is 0 Å². The molecule has 1 aromatic rings. The molecule has 0 unspecified atom stereocenters. The SMILES string of the molecule is COc1ccc(O)c(CCC2(N)CC2)c1F. The van der Waals surface area contributed by atoms with Gasteiger partial charge in [0.15, 0.2) is 11.6 Å². The average Bonchev–Trinajstić information content (AvgIpc) is 2.97. The molecule has 88 valence electrons. The molecule has 1 aliphatic carbocycles. The number of halogens is 1. The summed E-state index contributed by atoms with van der Waals surface area (Å²) >= 11 is 0. The van der Waals surface area contributed by atoms with Gasteiger partial charge >= 0.3 is 0 Å². The Kier molecular flexibility index (Phi) is 2.76. The van der Waals surface area contributed by atoms with Gasteiger partial charge in [-0.05, 0) is 37.8 Å². The number of benzene rings is 1. The monoisotopic (exact) mass is 225 g/mol. The van der Waals surface area contributed by atoms with Gasteiger partial charge in [0.1, 0.15) is 5.75 Å². The molecular weight excluding hydrogens is 209 g/mol. The van der Waals surface area contributed by atoms with Crippen molar-refractivity contribution in [2.45, 2.75) is 31.2 Å². The number of phenols is 1. The molecule has 0 heterocycles. The van der Waals surface area contributed by atoms with Gasteiger partial charge in [-0.2, -0.15) is 0 Å². The Labute approximate surface area is 94.0 Å². The lowest BCUT2D eigenvalue weighted by atomic mass is 10.0. The van der Waals surface area contributed by atoms with Crippen LogP contribution in [0.1, 0.15) is 24.8 Å². The fourth-order valence-corrected chi connectivity index (χ4v) is 1.77. The van der Waals surface area contributed by atoms with E-state index in [1.165, 1.54) is 19.2 Å². The third-order valence-corrected chi connectivity index (χ3v) is 3.17. The molecule has 2 rings (SSSR count). The summed E-state index contributed by atoms with van der Waals surface area (Å²) in [5.41, 5.74) is 6.09. The van der Waals surface area contributed by atoms with E-state index in [2.05, 4.69) is 0 Å². The van der Waals surface area contributed by atoms with Crippen molar-refractivity contribution >= 4 is 0 Å². The number of hydrogen-bond acceptors (Lipinski definition) is 3. The first-order valence-corrected chi connectivity index (χ1v) is 5.39. The molecule has 3 N–H and O–H groups in total. The highest BCUT2D eigenvalue weighted by Gasteiger charge is 2.37. The zero-order valence-electron chi connectivity index (χ0n) is 9.29. The summed E-state index contributed by atoms with van der Waals surface area (Å²) in [4.78, 5) is 0. The van der Waals surface area contributed by atoms with Crippen molar-refractivity contribution in [2.24, 2.45) is 5.73 Å². The molecule has 1 saturated carbocycles.